The van der Waals surface area contributed by atoms with Crippen molar-refractivity contribution >= 4 is 10.9 Å². The lowest BCUT2D eigenvalue weighted by Crippen LogP contribution is -2.31. The van der Waals surface area contributed by atoms with Crippen molar-refractivity contribution in [2.45, 2.75) is 19.5 Å². The molecule has 0 radical (unpaired) electrons. The molecular formula is C27H23N5. The van der Waals surface area contributed by atoms with Crippen LogP contribution in [0.25, 0.3) is 33.5 Å². The summed E-state index contributed by atoms with van der Waals surface area (Å²) in [4.78, 5) is 19.8. The molecule has 0 fully saturated rings. The number of pyridine rings is 1. The normalized spacial score (nSPS) is 13.9. The monoisotopic (exact) mass is 417 g/mol. The number of aromatic amines is 1. The van der Waals surface area contributed by atoms with Crippen LogP contribution >= 0.6 is 0 Å². The molecule has 5 heteroatoms. The Morgan fingerprint density at radius 3 is 2.59 bits per heavy atom. The summed E-state index contributed by atoms with van der Waals surface area (Å²) in [5, 5.41) is 1.29. The zero-order valence-electron chi connectivity index (χ0n) is 17.7. The van der Waals surface area contributed by atoms with Gasteiger partial charge >= 0.3 is 0 Å². The van der Waals surface area contributed by atoms with Gasteiger partial charge < -0.3 is 4.98 Å². The van der Waals surface area contributed by atoms with E-state index in [1.54, 1.807) is 6.20 Å². The van der Waals surface area contributed by atoms with Gasteiger partial charge in [0.15, 0.2) is 5.82 Å². The molecule has 3 aromatic heterocycles. The predicted octanol–water partition coefficient (Wildman–Crippen LogP) is 5.25. The van der Waals surface area contributed by atoms with Gasteiger partial charge in [-0.15, -0.1) is 0 Å². The third-order valence-electron chi connectivity index (χ3n) is 6.19. The molecule has 5 aromatic rings. The molecule has 0 saturated carbocycles. The van der Waals surface area contributed by atoms with Crippen LogP contribution in [0.3, 0.4) is 0 Å². The van der Waals surface area contributed by atoms with Crippen LogP contribution in [0.15, 0.2) is 85.3 Å². The van der Waals surface area contributed by atoms with E-state index in [0.717, 1.165) is 43.1 Å². The highest BCUT2D eigenvalue weighted by atomic mass is 15.1. The molecule has 32 heavy (non-hydrogen) atoms. The highest BCUT2D eigenvalue weighted by molar-refractivity contribution is 5.90. The fraction of sp³-hybridized carbons (Fsp3) is 0.148. The van der Waals surface area contributed by atoms with E-state index in [4.69, 9.17) is 4.98 Å². The highest BCUT2D eigenvalue weighted by Gasteiger charge is 2.22. The molecule has 1 aliphatic heterocycles. The van der Waals surface area contributed by atoms with Gasteiger partial charge in [-0.3, -0.25) is 9.88 Å². The fourth-order valence-corrected chi connectivity index (χ4v) is 4.58. The highest BCUT2D eigenvalue weighted by Crippen LogP contribution is 2.32. The molecule has 4 heterocycles. The zero-order chi connectivity index (χ0) is 21.3. The molecule has 1 aliphatic rings. The van der Waals surface area contributed by atoms with Crippen molar-refractivity contribution in [2.24, 2.45) is 0 Å². The van der Waals surface area contributed by atoms with Gasteiger partial charge in [-0.1, -0.05) is 48.5 Å². The first-order valence-electron chi connectivity index (χ1n) is 11.0. The van der Waals surface area contributed by atoms with E-state index in [9.17, 15) is 0 Å². The van der Waals surface area contributed by atoms with E-state index in [0.29, 0.717) is 0 Å². The number of nitrogens with zero attached hydrogens (tertiary/aromatic N) is 4. The number of para-hydroxylation sites is 1. The Balaban J connectivity index is 1.31. The second-order valence-electron chi connectivity index (χ2n) is 8.26. The lowest BCUT2D eigenvalue weighted by molar-refractivity contribution is 0.244. The van der Waals surface area contributed by atoms with E-state index >= 15 is 0 Å². The van der Waals surface area contributed by atoms with Crippen LogP contribution in [0.5, 0.6) is 0 Å². The maximum atomic E-state index is 4.85. The first-order valence-corrected chi connectivity index (χ1v) is 11.0. The predicted molar refractivity (Wildman–Crippen MR) is 127 cm³/mol. The van der Waals surface area contributed by atoms with Crippen molar-refractivity contribution in [3.63, 3.8) is 0 Å². The fourth-order valence-electron chi connectivity index (χ4n) is 4.58. The average Bonchev–Trinajstić information content (AvgIpc) is 3.23. The summed E-state index contributed by atoms with van der Waals surface area (Å²) in [7, 11) is 0. The summed E-state index contributed by atoms with van der Waals surface area (Å²) in [6.45, 7) is 2.72. The number of H-pyrrole nitrogens is 1. The molecule has 0 spiro atoms. The summed E-state index contributed by atoms with van der Waals surface area (Å²) in [6, 6.07) is 23.1. The molecule has 0 aliphatic carbocycles. The molecule has 0 amide bonds. The summed E-state index contributed by atoms with van der Waals surface area (Å²) < 4.78 is 0. The van der Waals surface area contributed by atoms with E-state index in [1.807, 2.05) is 24.5 Å². The van der Waals surface area contributed by atoms with Crippen LogP contribution in [-0.2, 0) is 19.5 Å². The van der Waals surface area contributed by atoms with Gasteiger partial charge in [0.2, 0.25) is 0 Å². The minimum absolute atomic E-state index is 0.758. The Bertz CT molecular complexity index is 1380. The van der Waals surface area contributed by atoms with Gasteiger partial charge in [-0.2, -0.15) is 0 Å². The first-order chi connectivity index (χ1) is 15.8. The minimum atomic E-state index is 0.758. The Labute approximate surface area is 186 Å². The Morgan fingerprint density at radius 1 is 0.875 bits per heavy atom. The molecule has 0 atom stereocenters. The van der Waals surface area contributed by atoms with E-state index < -0.39 is 0 Å². The lowest BCUT2D eigenvalue weighted by Gasteiger charge is -2.28. The van der Waals surface area contributed by atoms with E-state index in [-0.39, 0.29) is 0 Å². The maximum absolute atomic E-state index is 4.85. The van der Waals surface area contributed by atoms with Crippen molar-refractivity contribution in [2.75, 3.05) is 6.54 Å². The number of rotatable bonds is 4. The van der Waals surface area contributed by atoms with E-state index in [2.05, 4.69) is 74.4 Å². The maximum Gasteiger partial charge on any atom is 0.160 e. The summed E-state index contributed by atoms with van der Waals surface area (Å²) >= 11 is 0. The van der Waals surface area contributed by atoms with Gasteiger partial charge in [0.1, 0.15) is 0 Å². The van der Waals surface area contributed by atoms with Crippen LogP contribution in [0, 0.1) is 0 Å². The molecule has 0 unspecified atom stereocenters. The van der Waals surface area contributed by atoms with Crippen molar-refractivity contribution < 1.29 is 0 Å². The van der Waals surface area contributed by atoms with Crippen LogP contribution < -0.4 is 0 Å². The van der Waals surface area contributed by atoms with Gasteiger partial charge in [0.25, 0.3) is 0 Å². The van der Waals surface area contributed by atoms with Crippen molar-refractivity contribution in [1.82, 2.24) is 24.8 Å². The first kappa shape index (κ1) is 18.9. The number of benzene rings is 2. The van der Waals surface area contributed by atoms with Gasteiger partial charge in [-0.05, 0) is 29.3 Å². The molecule has 156 valence electrons. The van der Waals surface area contributed by atoms with Crippen LogP contribution in [0.2, 0.25) is 0 Å². The number of hydrogen-bond acceptors (Lipinski definition) is 4. The molecule has 0 bridgehead atoms. The lowest BCUT2D eigenvalue weighted by atomic mass is 10.0. The quantitative estimate of drug-likeness (QED) is 0.434. The van der Waals surface area contributed by atoms with Crippen molar-refractivity contribution in [3.8, 4) is 22.6 Å². The minimum Gasteiger partial charge on any atom is -0.354 e. The Morgan fingerprint density at radius 2 is 1.72 bits per heavy atom. The van der Waals surface area contributed by atoms with Gasteiger partial charge in [0, 0.05) is 66.7 Å². The van der Waals surface area contributed by atoms with Gasteiger partial charge in [-0.25, -0.2) is 9.97 Å². The molecule has 6 rings (SSSR count). The topological polar surface area (TPSA) is 57.7 Å². The van der Waals surface area contributed by atoms with Crippen molar-refractivity contribution in [1.29, 1.82) is 0 Å². The number of hydrogen-bond donors (Lipinski definition) is 1. The number of fused-ring (bicyclic) bond motifs is 2. The third kappa shape index (κ3) is 3.47. The van der Waals surface area contributed by atoms with E-state index in [1.165, 1.54) is 33.3 Å². The van der Waals surface area contributed by atoms with Crippen LogP contribution in [0.1, 0.15) is 16.8 Å². The number of aromatic nitrogens is 4. The number of nitrogens with one attached hydrogen (secondary N) is 1. The van der Waals surface area contributed by atoms with Crippen molar-refractivity contribution in [3.05, 3.63) is 102 Å². The Kier molecular flexibility index (Phi) is 4.74. The summed E-state index contributed by atoms with van der Waals surface area (Å²) in [6.07, 6.45) is 6.51. The second-order valence-corrected chi connectivity index (χ2v) is 8.26. The average molecular weight is 418 g/mol. The second kappa shape index (κ2) is 8.02. The van der Waals surface area contributed by atoms with Crippen LogP contribution in [0.4, 0.5) is 0 Å². The summed E-state index contributed by atoms with van der Waals surface area (Å²) in [5.74, 6) is 0.758. The van der Waals surface area contributed by atoms with Gasteiger partial charge in [0.05, 0.1) is 11.4 Å². The molecule has 2 aromatic carbocycles. The molecular weight excluding hydrogens is 394 g/mol. The zero-order valence-corrected chi connectivity index (χ0v) is 17.7. The molecule has 1 N–H and O–H groups in total. The smallest absolute Gasteiger partial charge is 0.160 e. The largest absolute Gasteiger partial charge is 0.354 e. The Hall–Kier alpha value is -3.83. The molecule has 5 nitrogen and oxygen atoms in total. The standard InChI is InChI=1S/C27H23N5/c1-2-7-19(8-3-1)26-23(22-10-4-5-11-25(22)30-26)18-32-14-12-24-21(17-32)16-29-27(31-24)20-9-6-13-28-15-20/h1-11,13,15-16,30H,12,14,17-18H2. The summed E-state index contributed by atoms with van der Waals surface area (Å²) in [5.41, 5.74) is 8.29. The SMILES string of the molecule is c1ccc(-c2[nH]c3ccccc3c2CN2CCc3nc(-c4cccnc4)ncc3C2)cc1. The third-order valence-corrected chi connectivity index (χ3v) is 6.19. The van der Waals surface area contributed by atoms with Crippen LogP contribution in [-0.4, -0.2) is 31.4 Å². The molecule has 0 saturated heterocycles.